The van der Waals surface area contributed by atoms with Gasteiger partial charge in [-0.25, -0.2) is 9.78 Å². The number of hydrogen-bond donors (Lipinski definition) is 0. The van der Waals surface area contributed by atoms with E-state index in [1.165, 1.54) is 6.08 Å². The van der Waals surface area contributed by atoms with Gasteiger partial charge in [0, 0.05) is 31.1 Å². The van der Waals surface area contributed by atoms with Crippen molar-refractivity contribution in [3.05, 3.63) is 48.3 Å². The Hall–Kier alpha value is -2.36. The molecular formula is C15H16N2O2. The number of carbonyl (C=O) groups is 1. The standard InChI is InChI=1S/C15H16N2O2/c1-3-19-14(18)9-8-12-6-4-5-7-13(12)15-16-10-11-17(15)2/h4-11H,3H2,1-2H3/b9-8+. The Morgan fingerprint density at radius 2 is 2.21 bits per heavy atom. The first-order valence-corrected chi connectivity index (χ1v) is 6.14. The van der Waals surface area contributed by atoms with Crippen molar-refractivity contribution in [1.29, 1.82) is 0 Å². The van der Waals surface area contributed by atoms with Crippen molar-refractivity contribution in [2.75, 3.05) is 6.61 Å². The molecule has 0 atom stereocenters. The van der Waals surface area contributed by atoms with Gasteiger partial charge in [0.05, 0.1) is 6.61 Å². The molecule has 2 rings (SSSR count). The van der Waals surface area contributed by atoms with Crippen LogP contribution in [0.15, 0.2) is 42.7 Å². The fraction of sp³-hybridized carbons (Fsp3) is 0.200. The molecule has 19 heavy (non-hydrogen) atoms. The zero-order valence-corrected chi connectivity index (χ0v) is 11.0. The van der Waals surface area contributed by atoms with E-state index in [9.17, 15) is 4.79 Å². The minimum atomic E-state index is -0.336. The van der Waals surface area contributed by atoms with Crippen molar-refractivity contribution < 1.29 is 9.53 Å². The third kappa shape index (κ3) is 3.10. The smallest absolute Gasteiger partial charge is 0.330 e. The normalized spacial score (nSPS) is 10.8. The van der Waals surface area contributed by atoms with Gasteiger partial charge in [-0.1, -0.05) is 24.3 Å². The second-order valence-electron chi connectivity index (χ2n) is 4.03. The zero-order chi connectivity index (χ0) is 13.7. The molecule has 0 aliphatic heterocycles. The van der Waals surface area contributed by atoms with Crippen LogP contribution in [0.3, 0.4) is 0 Å². The number of hydrogen-bond acceptors (Lipinski definition) is 3. The molecule has 4 heteroatoms. The number of imidazole rings is 1. The Kier molecular flexibility index (Phi) is 4.13. The van der Waals surface area contributed by atoms with Gasteiger partial charge in [-0.05, 0) is 18.6 Å². The van der Waals surface area contributed by atoms with Crippen LogP contribution >= 0.6 is 0 Å². The van der Waals surface area contributed by atoms with Crippen LogP contribution in [0.5, 0.6) is 0 Å². The molecule has 0 amide bonds. The third-order valence-corrected chi connectivity index (χ3v) is 2.71. The first kappa shape index (κ1) is 13.1. The zero-order valence-electron chi connectivity index (χ0n) is 11.0. The van der Waals surface area contributed by atoms with Gasteiger partial charge < -0.3 is 9.30 Å². The van der Waals surface area contributed by atoms with Gasteiger partial charge >= 0.3 is 5.97 Å². The number of nitrogens with zero attached hydrogens (tertiary/aromatic N) is 2. The molecular weight excluding hydrogens is 240 g/mol. The first-order valence-electron chi connectivity index (χ1n) is 6.14. The van der Waals surface area contributed by atoms with Gasteiger partial charge in [0.2, 0.25) is 0 Å². The molecule has 1 aromatic carbocycles. The summed E-state index contributed by atoms with van der Waals surface area (Å²) < 4.78 is 6.81. The lowest BCUT2D eigenvalue weighted by Crippen LogP contribution is -1.99. The predicted molar refractivity (Wildman–Crippen MR) is 74.3 cm³/mol. The Morgan fingerprint density at radius 1 is 1.42 bits per heavy atom. The molecule has 0 aliphatic carbocycles. The van der Waals surface area contributed by atoms with Crippen LogP contribution in [-0.2, 0) is 16.6 Å². The summed E-state index contributed by atoms with van der Waals surface area (Å²) in [7, 11) is 1.94. The maximum Gasteiger partial charge on any atom is 0.330 e. The number of aryl methyl sites for hydroxylation is 1. The Balaban J connectivity index is 2.32. The fourth-order valence-electron chi connectivity index (χ4n) is 1.82. The molecule has 1 aromatic heterocycles. The van der Waals surface area contributed by atoms with Crippen molar-refractivity contribution in [2.45, 2.75) is 6.92 Å². The SMILES string of the molecule is CCOC(=O)/C=C/c1ccccc1-c1nccn1C. The van der Waals surface area contributed by atoms with Crippen molar-refractivity contribution in [3.63, 3.8) is 0 Å². The molecule has 0 aliphatic rings. The van der Waals surface area contributed by atoms with Gasteiger partial charge in [-0.3, -0.25) is 0 Å². The van der Waals surface area contributed by atoms with Crippen LogP contribution < -0.4 is 0 Å². The molecule has 0 bridgehead atoms. The first-order chi connectivity index (χ1) is 9.22. The van der Waals surface area contributed by atoms with E-state index in [1.54, 1.807) is 19.2 Å². The largest absolute Gasteiger partial charge is 0.463 e. The summed E-state index contributed by atoms with van der Waals surface area (Å²) in [6.45, 7) is 2.16. The summed E-state index contributed by atoms with van der Waals surface area (Å²) in [5.41, 5.74) is 1.92. The van der Waals surface area contributed by atoms with Crippen LogP contribution in [0.1, 0.15) is 12.5 Å². The van der Waals surface area contributed by atoms with E-state index < -0.39 is 0 Å². The lowest BCUT2D eigenvalue weighted by Gasteiger charge is -2.05. The molecule has 2 aromatic rings. The fourth-order valence-corrected chi connectivity index (χ4v) is 1.82. The van der Waals surface area contributed by atoms with E-state index in [2.05, 4.69) is 4.98 Å². The molecule has 0 N–H and O–H groups in total. The van der Waals surface area contributed by atoms with Gasteiger partial charge in [0.25, 0.3) is 0 Å². The number of ether oxygens (including phenoxy) is 1. The van der Waals surface area contributed by atoms with Gasteiger partial charge in [0.15, 0.2) is 0 Å². The van der Waals surface area contributed by atoms with E-state index >= 15 is 0 Å². The molecule has 0 unspecified atom stereocenters. The highest BCUT2D eigenvalue weighted by molar-refractivity contribution is 5.88. The Bertz CT molecular complexity index is 600. The monoisotopic (exact) mass is 256 g/mol. The van der Waals surface area contributed by atoms with Crippen LogP contribution in [0, 0.1) is 0 Å². The second kappa shape index (κ2) is 6.00. The van der Waals surface area contributed by atoms with Crippen LogP contribution in [0.25, 0.3) is 17.5 Å². The number of esters is 1. The van der Waals surface area contributed by atoms with Crippen molar-refractivity contribution in [2.24, 2.45) is 7.05 Å². The topological polar surface area (TPSA) is 44.1 Å². The molecule has 0 saturated carbocycles. The highest BCUT2D eigenvalue weighted by atomic mass is 16.5. The average molecular weight is 256 g/mol. The third-order valence-electron chi connectivity index (χ3n) is 2.71. The van der Waals surface area contributed by atoms with E-state index in [4.69, 9.17) is 4.74 Å². The van der Waals surface area contributed by atoms with Crippen LogP contribution in [-0.4, -0.2) is 22.1 Å². The predicted octanol–water partition coefficient (Wildman–Crippen LogP) is 2.66. The van der Waals surface area contributed by atoms with Gasteiger partial charge in [0.1, 0.15) is 5.82 Å². The summed E-state index contributed by atoms with van der Waals surface area (Å²) in [5.74, 6) is 0.529. The summed E-state index contributed by atoms with van der Waals surface area (Å²) in [5, 5.41) is 0. The van der Waals surface area contributed by atoms with Gasteiger partial charge in [-0.2, -0.15) is 0 Å². The van der Waals surface area contributed by atoms with Crippen LogP contribution in [0.2, 0.25) is 0 Å². The van der Waals surface area contributed by atoms with Crippen molar-refractivity contribution in [3.8, 4) is 11.4 Å². The summed E-state index contributed by atoms with van der Waals surface area (Å²) >= 11 is 0. The molecule has 0 radical (unpaired) electrons. The number of aromatic nitrogens is 2. The lowest BCUT2D eigenvalue weighted by molar-refractivity contribution is -0.137. The van der Waals surface area contributed by atoms with Crippen LogP contribution in [0.4, 0.5) is 0 Å². The van der Waals surface area contributed by atoms with Crippen molar-refractivity contribution in [1.82, 2.24) is 9.55 Å². The molecule has 4 nitrogen and oxygen atoms in total. The summed E-state index contributed by atoms with van der Waals surface area (Å²) in [6.07, 6.45) is 6.83. The Morgan fingerprint density at radius 3 is 2.89 bits per heavy atom. The van der Waals surface area contributed by atoms with E-state index in [0.717, 1.165) is 17.0 Å². The highest BCUT2D eigenvalue weighted by Gasteiger charge is 2.07. The molecule has 98 valence electrons. The molecule has 0 fully saturated rings. The maximum atomic E-state index is 11.4. The summed E-state index contributed by atoms with van der Waals surface area (Å²) in [6, 6.07) is 7.80. The number of benzene rings is 1. The lowest BCUT2D eigenvalue weighted by atomic mass is 10.1. The van der Waals surface area contributed by atoms with E-state index in [1.807, 2.05) is 42.1 Å². The summed E-state index contributed by atoms with van der Waals surface area (Å²) in [4.78, 5) is 15.7. The average Bonchev–Trinajstić information content (AvgIpc) is 2.83. The molecule has 0 saturated heterocycles. The van der Waals surface area contributed by atoms with Crippen molar-refractivity contribution >= 4 is 12.0 Å². The van der Waals surface area contributed by atoms with E-state index in [-0.39, 0.29) is 5.97 Å². The minimum Gasteiger partial charge on any atom is -0.463 e. The maximum absolute atomic E-state index is 11.4. The number of carbonyl (C=O) groups excluding carboxylic acids is 1. The Labute approximate surface area is 112 Å². The number of rotatable bonds is 4. The van der Waals surface area contributed by atoms with E-state index in [0.29, 0.717) is 6.61 Å². The minimum absolute atomic E-state index is 0.336. The molecule has 0 spiro atoms. The quantitative estimate of drug-likeness (QED) is 0.624. The van der Waals surface area contributed by atoms with Gasteiger partial charge in [-0.15, -0.1) is 0 Å². The molecule has 1 heterocycles. The highest BCUT2D eigenvalue weighted by Crippen LogP contribution is 2.22. The second-order valence-corrected chi connectivity index (χ2v) is 4.03.